The van der Waals surface area contributed by atoms with Gasteiger partial charge >= 0.3 is 5.69 Å². The number of nitrogens with one attached hydrogen (secondary N) is 1. The van der Waals surface area contributed by atoms with Crippen LogP contribution in [-0.4, -0.2) is 55.2 Å². The van der Waals surface area contributed by atoms with Crippen LogP contribution in [0.2, 0.25) is 0 Å². The summed E-state index contributed by atoms with van der Waals surface area (Å²) < 4.78 is 6.70. The fraction of sp³-hybridized carbons (Fsp3) is 0.348. The minimum Gasteiger partial charge on any atom is -0.393 e. The number of hydrogen-bond donors (Lipinski definition) is 3. The predicted octanol–water partition coefficient (Wildman–Crippen LogP) is 2.06. The number of hydrogen-bond acceptors (Lipinski definition) is 10. The normalized spacial score (nSPS) is 20.7. The van der Waals surface area contributed by atoms with E-state index in [4.69, 9.17) is 15.6 Å². The summed E-state index contributed by atoms with van der Waals surface area (Å²) in [6.07, 6.45) is 7.32. The van der Waals surface area contributed by atoms with Crippen LogP contribution in [-0.2, 0) is 4.74 Å². The van der Waals surface area contributed by atoms with Gasteiger partial charge in [0.15, 0.2) is 5.82 Å². The molecule has 2 fully saturated rings. The zero-order valence-electron chi connectivity index (χ0n) is 19.0. The van der Waals surface area contributed by atoms with Crippen LogP contribution in [0.25, 0.3) is 0 Å². The van der Waals surface area contributed by atoms with Crippen molar-refractivity contribution in [2.75, 3.05) is 29.2 Å². The van der Waals surface area contributed by atoms with E-state index >= 15 is 0 Å². The van der Waals surface area contributed by atoms with Crippen molar-refractivity contribution in [1.82, 2.24) is 19.5 Å². The maximum absolute atomic E-state index is 12.4. The first-order valence-electron chi connectivity index (χ1n) is 11.2. The third kappa shape index (κ3) is 4.72. The van der Waals surface area contributed by atoms with Gasteiger partial charge in [0.2, 0.25) is 0 Å². The highest BCUT2D eigenvalue weighted by molar-refractivity contribution is 8.00. The summed E-state index contributed by atoms with van der Waals surface area (Å²) in [4.78, 5) is 38.5. The van der Waals surface area contributed by atoms with Crippen LogP contribution in [0, 0.1) is 6.92 Å². The molecule has 2 unspecified atom stereocenters. The number of fused-ring (bicyclic) bond motifs is 2. The predicted molar refractivity (Wildman–Crippen MR) is 133 cm³/mol. The fourth-order valence-electron chi connectivity index (χ4n) is 3.94. The van der Waals surface area contributed by atoms with E-state index < -0.39 is 5.69 Å². The highest BCUT2D eigenvalue weighted by atomic mass is 32.2. The van der Waals surface area contributed by atoms with Crippen molar-refractivity contribution >= 4 is 40.8 Å². The zero-order valence-corrected chi connectivity index (χ0v) is 19.8. The van der Waals surface area contributed by atoms with Crippen LogP contribution < -0.4 is 21.6 Å². The van der Waals surface area contributed by atoms with Gasteiger partial charge in [-0.15, -0.1) is 11.8 Å². The molecule has 2 atom stereocenters. The Morgan fingerprint density at radius 3 is 2.71 bits per heavy atom. The number of pyridine rings is 2. The van der Waals surface area contributed by atoms with Gasteiger partial charge in [-0.25, -0.2) is 14.8 Å². The van der Waals surface area contributed by atoms with E-state index in [0.29, 0.717) is 24.0 Å². The number of ether oxygens (including phenoxy) is 1. The lowest BCUT2D eigenvalue weighted by atomic mass is 10.2. The Hall–Kier alpha value is -3.48. The van der Waals surface area contributed by atoms with Crippen LogP contribution in [0.1, 0.15) is 34.1 Å². The average Bonchev–Trinajstić information content (AvgIpc) is 3.59. The van der Waals surface area contributed by atoms with Gasteiger partial charge in [-0.05, 0) is 49.6 Å². The Morgan fingerprint density at radius 2 is 2.00 bits per heavy atom. The molecule has 182 valence electrons. The summed E-state index contributed by atoms with van der Waals surface area (Å²) in [5.74, 6) is 1.61. The molecule has 1 saturated carbocycles. The molecule has 11 nitrogen and oxygen atoms in total. The van der Waals surface area contributed by atoms with Gasteiger partial charge in [0, 0.05) is 24.6 Å². The number of aryl methyl sites for hydroxylation is 1. The number of amides is 1. The molecule has 35 heavy (non-hydrogen) atoms. The van der Waals surface area contributed by atoms with Crippen molar-refractivity contribution in [2.24, 2.45) is 0 Å². The average molecular weight is 496 g/mol. The van der Waals surface area contributed by atoms with Gasteiger partial charge in [-0.2, -0.15) is 4.98 Å². The summed E-state index contributed by atoms with van der Waals surface area (Å²) in [6.45, 7) is 2.31. The molecule has 1 aliphatic carbocycles. The van der Waals surface area contributed by atoms with E-state index in [1.807, 2.05) is 19.1 Å². The molecule has 0 aromatic carbocycles. The Labute approximate surface area is 205 Å². The molecule has 2 aliphatic heterocycles. The summed E-state index contributed by atoms with van der Waals surface area (Å²) in [7, 11) is 0. The third-order valence-corrected chi connectivity index (χ3v) is 7.09. The van der Waals surface area contributed by atoms with Crippen molar-refractivity contribution in [3.05, 3.63) is 64.5 Å². The molecule has 3 aliphatic rings. The first-order chi connectivity index (χ1) is 17.0. The van der Waals surface area contributed by atoms with Gasteiger partial charge in [0.1, 0.15) is 22.4 Å². The number of nitrogens with two attached hydrogens (primary N) is 1. The maximum Gasteiger partial charge on any atom is 0.350 e. The lowest BCUT2D eigenvalue weighted by Gasteiger charge is -2.23. The molecule has 1 amide bonds. The summed E-state index contributed by atoms with van der Waals surface area (Å²) in [6, 6.07) is 7.47. The molecule has 6 rings (SSSR count). The van der Waals surface area contributed by atoms with Crippen molar-refractivity contribution < 1.29 is 14.6 Å². The number of aliphatic hydroxyl groups is 1. The molecule has 5 heterocycles. The lowest BCUT2D eigenvalue weighted by Crippen LogP contribution is -2.26. The van der Waals surface area contributed by atoms with Crippen LogP contribution in [0.5, 0.6) is 0 Å². The topological polar surface area (TPSA) is 148 Å². The van der Waals surface area contributed by atoms with E-state index in [1.165, 1.54) is 16.3 Å². The summed E-state index contributed by atoms with van der Waals surface area (Å²) in [5, 5.41) is 11.7. The number of nitrogens with zero attached hydrogens (tertiary/aromatic N) is 5. The number of aliphatic hydroxyl groups excluding tert-OH is 1. The van der Waals surface area contributed by atoms with Crippen molar-refractivity contribution in [3.63, 3.8) is 0 Å². The van der Waals surface area contributed by atoms with Gasteiger partial charge in [-0.3, -0.25) is 9.36 Å². The number of nitrogen functional groups attached to an aromatic ring is 1. The molecule has 1 saturated heterocycles. The van der Waals surface area contributed by atoms with E-state index in [1.54, 1.807) is 30.7 Å². The minimum absolute atomic E-state index is 0.0572. The van der Waals surface area contributed by atoms with E-state index in [2.05, 4.69) is 25.2 Å². The maximum atomic E-state index is 12.4. The Kier molecular flexibility index (Phi) is 6.41. The number of aromatic nitrogens is 4. The third-order valence-electron chi connectivity index (χ3n) is 5.82. The molecule has 4 N–H and O–H groups in total. The molecule has 0 spiro atoms. The minimum atomic E-state index is -0.394. The molecule has 0 bridgehead atoms. The second-order valence-corrected chi connectivity index (χ2v) is 9.68. The SMILES string of the molecule is Cc1ccnc2c1NC(=O)c1cccnc1N2C1CC1.Nc1ccn(C2COC(CO)S2)c(=O)n1. The number of anilines is 4. The van der Waals surface area contributed by atoms with Gasteiger partial charge in [0.25, 0.3) is 5.91 Å². The van der Waals surface area contributed by atoms with E-state index in [0.717, 1.165) is 29.9 Å². The van der Waals surface area contributed by atoms with Crippen LogP contribution in [0.15, 0.2) is 47.7 Å². The van der Waals surface area contributed by atoms with Crippen LogP contribution in [0.3, 0.4) is 0 Å². The molecular weight excluding hydrogens is 470 g/mol. The molecule has 12 heteroatoms. The van der Waals surface area contributed by atoms with Gasteiger partial charge in [-0.1, -0.05) is 0 Å². The summed E-state index contributed by atoms with van der Waals surface area (Å²) >= 11 is 1.39. The second-order valence-electron chi connectivity index (χ2n) is 8.33. The van der Waals surface area contributed by atoms with Crippen molar-refractivity contribution in [2.45, 2.75) is 36.6 Å². The summed E-state index contributed by atoms with van der Waals surface area (Å²) in [5.41, 5.74) is 7.14. The van der Waals surface area contributed by atoms with Crippen LogP contribution in [0.4, 0.5) is 23.1 Å². The number of carbonyl (C=O) groups is 1. The molecular formula is C23H25N7O4S. The second kappa shape index (κ2) is 9.64. The van der Waals surface area contributed by atoms with Crippen molar-refractivity contribution in [1.29, 1.82) is 0 Å². The standard InChI is InChI=1S/C15H14N4O.C8H11N3O3S/c1-9-6-8-17-14-12(9)18-15(20)11-3-2-7-16-13(11)19(14)10-4-5-10;9-5-1-2-11(8(13)10-5)6-4-14-7(3-12)15-6/h2-3,6-8,10H,4-5H2,1H3,(H,18,20);1-2,6-7,12H,3-4H2,(H2,9,10,13). The smallest absolute Gasteiger partial charge is 0.350 e. The van der Waals surface area contributed by atoms with E-state index in [9.17, 15) is 9.59 Å². The quantitative estimate of drug-likeness (QED) is 0.493. The highest BCUT2D eigenvalue weighted by Crippen LogP contribution is 2.43. The molecule has 3 aromatic rings. The highest BCUT2D eigenvalue weighted by Gasteiger charge is 2.38. The number of rotatable bonds is 3. The van der Waals surface area contributed by atoms with Gasteiger partial charge in [0.05, 0.1) is 24.5 Å². The number of carbonyl (C=O) groups excluding carboxylic acids is 1. The zero-order chi connectivity index (χ0) is 24.5. The van der Waals surface area contributed by atoms with Crippen molar-refractivity contribution in [3.8, 4) is 0 Å². The molecule has 0 radical (unpaired) electrons. The number of thioether (sulfide) groups is 1. The van der Waals surface area contributed by atoms with Gasteiger partial charge < -0.3 is 25.8 Å². The first-order valence-corrected chi connectivity index (χ1v) is 12.1. The lowest BCUT2D eigenvalue weighted by molar-refractivity contribution is 0.0803. The molecule has 3 aromatic heterocycles. The Bertz CT molecular complexity index is 1310. The fourth-order valence-corrected chi connectivity index (χ4v) is 4.98. The van der Waals surface area contributed by atoms with E-state index in [-0.39, 0.29) is 29.1 Å². The Balaban J connectivity index is 0.000000152. The largest absolute Gasteiger partial charge is 0.393 e. The first kappa shape index (κ1) is 23.3. The Morgan fingerprint density at radius 1 is 1.20 bits per heavy atom. The van der Waals surface area contributed by atoms with Crippen LogP contribution >= 0.6 is 11.8 Å². The monoisotopic (exact) mass is 495 g/mol.